The van der Waals surface area contributed by atoms with Crippen molar-refractivity contribution in [3.63, 3.8) is 0 Å². The second-order valence-electron chi connectivity index (χ2n) is 0.338. The number of nitrogens with two attached hydrogens (primary N) is 1. The summed E-state index contributed by atoms with van der Waals surface area (Å²) in [5.74, 6) is 0. The zero-order valence-electron chi connectivity index (χ0n) is 1.93. The van der Waals surface area contributed by atoms with E-state index in [9.17, 15) is 0 Å². The Labute approximate surface area is 33.0 Å². The van der Waals surface area contributed by atoms with Gasteiger partial charge < -0.3 is 10.8 Å². The van der Waals surface area contributed by atoms with Gasteiger partial charge in [-0.05, 0) is 0 Å². The summed E-state index contributed by atoms with van der Waals surface area (Å²) >= 11 is 0. The molecule has 0 unspecified atom stereocenters. The summed E-state index contributed by atoms with van der Waals surface area (Å²) in [5, 5.41) is 7.19. The molecule has 0 fully saturated rings. The molecule has 0 aromatic carbocycles. The topological polar surface area (TPSA) is 63.3 Å². The summed E-state index contributed by atoms with van der Waals surface area (Å²) in [5.41, 5.74) is 4.03. The quantitative estimate of drug-likeness (QED) is 0.349. The van der Waals surface area contributed by atoms with Crippen molar-refractivity contribution in [2.75, 3.05) is 0 Å². The van der Waals surface area contributed by atoms with E-state index in [0.29, 0.717) is 0 Å². The number of rotatable bonds is 0. The van der Waals surface area contributed by atoms with Crippen LogP contribution in [0, 0.1) is 0 Å². The maximum atomic E-state index is 8.78. The van der Waals surface area contributed by atoms with Crippen LogP contribution in [0.4, 0.5) is 4.79 Å². The van der Waals surface area contributed by atoms with E-state index in [2.05, 4.69) is 5.73 Å². The number of amides is 1. The first kappa shape index (κ1) is 8.83. The molecule has 0 aromatic rings. The van der Waals surface area contributed by atoms with Crippen LogP contribution in [0.3, 0.4) is 0 Å². The summed E-state index contributed by atoms with van der Waals surface area (Å²) < 4.78 is 0. The van der Waals surface area contributed by atoms with Gasteiger partial charge in [0.05, 0.1) is 0 Å². The van der Waals surface area contributed by atoms with E-state index >= 15 is 0 Å². The summed E-state index contributed by atoms with van der Waals surface area (Å²) in [4.78, 5) is 8.78. The maximum absolute atomic E-state index is 8.78. The van der Waals surface area contributed by atoms with E-state index in [1.165, 1.54) is 0 Å². The van der Waals surface area contributed by atoms with E-state index in [0.717, 1.165) is 0 Å². The average molecular weight is 72.1 g/mol. The van der Waals surface area contributed by atoms with Gasteiger partial charge in [-0.15, -0.1) is 0 Å². The second-order valence-corrected chi connectivity index (χ2v) is 0.338. The molecule has 1 amide bonds. The van der Waals surface area contributed by atoms with Crippen molar-refractivity contribution in [3.05, 3.63) is 0 Å². The third-order valence-electron chi connectivity index (χ3n) is 0. The third-order valence-corrected chi connectivity index (χ3v) is 0. The molecular weight excluding hydrogens is 67.0 g/mol. The summed E-state index contributed by atoms with van der Waals surface area (Å²) in [6, 6.07) is 0. The summed E-state index contributed by atoms with van der Waals surface area (Å²) in [6.07, 6.45) is -1.33. The van der Waals surface area contributed by atoms with Crippen molar-refractivity contribution < 1.29 is 9.90 Å². The number of hydrogen-bond acceptors (Lipinski definition) is 1. The zero-order chi connectivity index (χ0) is 3.58. The van der Waals surface area contributed by atoms with Crippen molar-refractivity contribution in [1.29, 1.82) is 0 Å². The summed E-state index contributed by atoms with van der Waals surface area (Å²) in [6.45, 7) is 0. The molecule has 3 nitrogen and oxygen atoms in total. The van der Waals surface area contributed by atoms with Gasteiger partial charge in [-0.3, -0.25) is 0 Å². The Morgan fingerprint density at radius 1 is 1.80 bits per heavy atom. The minimum absolute atomic E-state index is 0. The van der Waals surface area contributed by atoms with Crippen molar-refractivity contribution in [2.24, 2.45) is 5.73 Å². The van der Waals surface area contributed by atoms with E-state index in [-0.39, 0.29) is 10.1 Å². The molecule has 3 N–H and O–H groups in total. The van der Waals surface area contributed by atoms with Gasteiger partial charge >= 0.3 is 16.2 Å². The molecule has 0 saturated heterocycles. The fourth-order valence-electron chi connectivity index (χ4n) is 0. The number of carboxylic acid groups (broad SMARTS) is 1. The molecule has 0 atom stereocenters. The predicted octanol–water partition coefficient (Wildman–Crippen LogP) is -1.29. The van der Waals surface area contributed by atoms with Gasteiger partial charge in [0, 0.05) is 0 Å². The van der Waals surface area contributed by atoms with E-state index in [4.69, 9.17) is 9.90 Å². The van der Waals surface area contributed by atoms with Gasteiger partial charge in [-0.25, -0.2) is 4.79 Å². The van der Waals surface area contributed by atoms with Crippen LogP contribution < -0.4 is 5.73 Å². The fraction of sp³-hybridized carbons (Fsp3) is 0. The normalized spacial score (nSPS) is 4.80. The van der Waals surface area contributed by atoms with Crippen molar-refractivity contribution in [3.8, 4) is 0 Å². The van der Waals surface area contributed by atoms with E-state index < -0.39 is 6.09 Å². The van der Waals surface area contributed by atoms with Gasteiger partial charge in [0.2, 0.25) is 0 Å². The Hall–Kier alpha value is -0.561. The molecule has 0 bridgehead atoms. The van der Waals surface area contributed by atoms with Gasteiger partial charge in [0.25, 0.3) is 0 Å². The van der Waals surface area contributed by atoms with Crippen LogP contribution in [0.2, 0.25) is 0 Å². The zero-order valence-corrected chi connectivity index (χ0v) is 1.93. The van der Waals surface area contributed by atoms with Crippen LogP contribution >= 0.6 is 0 Å². The molecule has 4 heteroatoms. The van der Waals surface area contributed by atoms with Crippen molar-refractivity contribution in [2.45, 2.75) is 0 Å². The molecule has 0 saturated carbocycles. The molecule has 0 rings (SSSR count). The fourth-order valence-corrected chi connectivity index (χ4v) is 0. The molecular formula is CH5BeNO2. The van der Waals surface area contributed by atoms with E-state index in [1.54, 1.807) is 0 Å². The first-order chi connectivity index (χ1) is 1.73. The molecule has 0 aromatic heterocycles. The molecule has 0 spiro atoms. The Balaban J connectivity index is 0. The average Bonchev–Trinajstić information content (AvgIpc) is 0.811. The second kappa shape index (κ2) is 3.44. The molecule has 0 aliphatic rings. The molecule has 28 valence electrons. The van der Waals surface area contributed by atoms with Crippen molar-refractivity contribution in [1.82, 2.24) is 0 Å². The van der Waals surface area contributed by atoms with Crippen LogP contribution in [-0.4, -0.2) is 21.3 Å². The monoisotopic (exact) mass is 72.0 g/mol. The number of primary amides is 1. The van der Waals surface area contributed by atoms with Gasteiger partial charge in [0.1, 0.15) is 0 Å². The Bertz CT molecular complexity index is 32.6. The standard InChI is InChI=1S/CH3NO2.Be.2H/c2-1(3)4;;;/h2H2,(H,3,4);;;. The number of carbonyl (C=O) groups is 1. The molecule has 5 heavy (non-hydrogen) atoms. The Morgan fingerprint density at radius 3 is 1.80 bits per heavy atom. The number of hydrogen-bond donors (Lipinski definition) is 2. The first-order valence-electron chi connectivity index (χ1n) is 0.716. The van der Waals surface area contributed by atoms with Crippen LogP contribution in [0.25, 0.3) is 0 Å². The Kier molecular flexibility index (Phi) is 6.07. The summed E-state index contributed by atoms with van der Waals surface area (Å²) in [7, 11) is 0. The van der Waals surface area contributed by atoms with Crippen molar-refractivity contribution >= 4 is 16.2 Å². The van der Waals surface area contributed by atoms with E-state index in [1.807, 2.05) is 0 Å². The SMILES string of the molecule is NC(=O)O.[BeH2]. The van der Waals surface area contributed by atoms with Crippen LogP contribution in [0.15, 0.2) is 0 Å². The van der Waals surface area contributed by atoms with Crippen LogP contribution in [0.5, 0.6) is 0 Å². The van der Waals surface area contributed by atoms with Gasteiger partial charge in [-0.2, -0.15) is 0 Å². The molecule has 0 heterocycles. The van der Waals surface area contributed by atoms with Crippen LogP contribution in [-0.2, 0) is 0 Å². The predicted molar refractivity (Wildman–Crippen MR) is 20.8 cm³/mol. The minimum atomic E-state index is -1.33. The first-order valence-corrected chi connectivity index (χ1v) is 0.716. The Morgan fingerprint density at radius 2 is 1.80 bits per heavy atom. The molecule has 0 radical (unpaired) electrons. The van der Waals surface area contributed by atoms with Crippen LogP contribution in [0.1, 0.15) is 0 Å². The van der Waals surface area contributed by atoms with Gasteiger partial charge in [-0.1, -0.05) is 0 Å². The molecule has 0 aliphatic carbocycles. The van der Waals surface area contributed by atoms with Gasteiger partial charge in [0.15, 0.2) is 0 Å². The molecule has 0 aliphatic heterocycles. The third kappa shape index (κ3) is 22.6.